The van der Waals surface area contributed by atoms with Gasteiger partial charge in [-0.25, -0.2) is 4.79 Å². The lowest BCUT2D eigenvalue weighted by Crippen LogP contribution is -2.43. The third kappa shape index (κ3) is 4.91. The highest BCUT2D eigenvalue weighted by Gasteiger charge is 2.22. The molecule has 24 heavy (non-hydrogen) atoms. The van der Waals surface area contributed by atoms with E-state index in [1.807, 2.05) is 0 Å². The Morgan fingerprint density at radius 1 is 1.08 bits per heavy atom. The fraction of sp³-hybridized carbons (Fsp3) is 0.412. The maximum Gasteiger partial charge on any atom is 0.326 e. The van der Waals surface area contributed by atoms with E-state index >= 15 is 0 Å². The van der Waals surface area contributed by atoms with E-state index in [-0.39, 0.29) is 5.92 Å². The summed E-state index contributed by atoms with van der Waals surface area (Å²) in [5.74, 6) is -0.414. The average molecular weight is 337 g/mol. The maximum atomic E-state index is 11.9. The van der Waals surface area contributed by atoms with Crippen molar-refractivity contribution in [3.05, 3.63) is 23.8 Å². The van der Waals surface area contributed by atoms with E-state index in [9.17, 15) is 9.59 Å². The first-order valence-corrected chi connectivity index (χ1v) is 7.35. The lowest BCUT2D eigenvalue weighted by atomic mass is 10.0. The second-order valence-corrected chi connectivity index (χ2v) is 5.36. The van der Waals surface area contributed by atoms with Crippen LogP contribution in [-0.4, -0.2) is 44.4 Å². The number of ether oxygens (including phenoxy) is 3. The normalized spacial score (nSPS) is 12.1. The Hall–Kier alpha value is -2.70. The molecule has 0 spiro atoms. The van der Waals surface area contributed by atoms with Crippen LogP contribution in [0.1, 0.15) is 19.4 Å². The van der Waals surface area contributed by atoms with Crippen LogP contribution < -0.4 is 19.5 Å². The van der Waals surface area contributed by atoms with Crippen LogP contribution >= 0.6 is 0 Å². The summed E-state index contributed by atoms with van der Waals surface area (Å²) >= 11 is 0. The summed E-state index contributed by atoms with van der Waals surface area (Å²) in [5.41, 5.74) is 0.649. The fourth-order valence-corrected chi connectivity index (χ4v) is 2.08. The number of rotatable bonds is 8. The van der Waals surface area contributed by atoms with Crippen LogP contribution in [0.15, 0.2) is 18.2 Å². The van der Waals surface area contributed by atoms with Crippen LogP contribution in [0.5, 0.6) is 17.2 Å². The molecule has 1 atom stereocenters. The Kier molecular flexibility index (Phi) is 7.10. The minimum absolute atomic E-state index is 0.221. The van der Waals surface area contributed by atoms with Crippen LogP contribution in [0, 0.1) is 5.92 Å². The van der Waals surface area contributed by atoms with Gasteiger partial charge in [-0.15, -0.1) is 0 Å². The zero-order valence-electron chi connectivity index (χ0n) is 14.5. The SMILES string of the molecule is COc1cc(/C=C/C(=O)NC(C(=O)O)C(C)C)cc(OC)c1OC. The van der Waals surface area contributed by atoms with Crippen LogP contribution in [-0.2, 0) is 9.59 Å². The van der Waals surface area contributed by atoms with Gasteiger partial charge in [0.15, 0.2) is 11.5 Å². The van der Waals surface area contributed by atoms with Gasteiger partial charge in [0.25, 0.3) is 0 Å². The van der Waals surface area contributed by atoms with E-state index in [2.05, 4.69) is 5.32 Å². The zero-order chi connectivity index (χ0) is 18.3. The smallest absolute Gasteiger partial charge is 0.326 e. The van der Waals surface area contributed by atoms with Gasteiger partial charge < -0.3 is 24.6 Å². The monoisotopic (exact) mass is 337 g/mol. The second kappa shape index (κ2) is 8.81. The van der Waals surface area contributed by atoms with Crippen molar-refractivity contribution < 1.29 is 28.9 Å². The largest absolute Gasteiger partial charge is 0.493 e. The highest BCUT2D eigenvalue weighted by atomic mass is 16.5. The first-order chi connectivity index (χ1) is 11.3. The minimum Gasteiger partial charge on any atom is -0.493 e. The molecule has 0 radical (unpaired) electrons. The minimum atomic E-state index is -1.07. The number of carboxylic acids is 1. The molecule has 1 rings (SSSR count). The van der Waals surface area contributed by atoms with E-state index in [0.717, 1.165) is 0 Å². The van der Waals surface area contributed by atoms with Gasteiger partial charge in [0.2, 0.25) is 11.7 Å². The number of carboxylic acid groups (broad SMARTS) is 1. The first kappa shape index (κ1) is 19.3. The maximum absolute atomic E-state index is 11.9. The third-order valence-electron chi connectivity index (χ3n) is 3.34. The topological polar surface area (TPSA) is 94.1 Å². The number of benzene rings is 1. The predicted octanol–water partition coefficient (Wildman–Crippen LogP) is 1.95. The number of hydrogen-bond donors (Lipinski definition) is 2. The Balaban J connectivity index is 2.97. The predicted molar refractivity (Wildman–Crippen MR) is 89.5 cm³/mol. The summed E-state index contributed by atoms with van der Waals surface area (Å²) in [6, 6.07) is 2.42. The molecule has 0 aliphatic rings. The van der Waals surface area contributed by atoms with Crippen molar-refractivity contribution in [2.24, 2.45) is 5.92 Å². The highest BCUT2D eigenvalue weighted by molar-refractivity contribution is 5.94. The van der Waals surface area contributed by atoms with Gasteiger partial charge in [0.1, 0.15) is 6.04 Å². The summed E-state index contributed by atoms with van der Waals surface area (Å²) in [6.45, 7) is 3.45. The lowest BCUT2D eigenvalue weighted by Gasteiger charge is -2.16. The van der Waals surface area contributed by atoms with Crippen molar-refractivity contribution in [2.45, 2.75) is 19.9 Å². The van der Waals surface area contributed by atoms with Crippen molar-refractivity contribution >= 4 is 18.0 Å². The molecule has 0 saturated carbocycles. The highest BCUT2D eigenvalue weighted by Crippen LogP contribution is 2.38. The third-order valence-corrected chi connectivity index (χ3v) is 3.34. The van der Waals surface area contributed by atoms with Crippen molar-refractivity contribution in [1.29, 1.82) is 0 Å². The molecule has 7 heteroatoms. The van der Waals surface area contributed by atoms with Crippen molar-refractivity contribution in [3.8, 4) is 17.2 Å². The summed E-state index contributed by atoms with van der Waals surface area (Å²) in [4.78, 5) is 23.0. The van der Waals surface area contributed by atoms with Gasteiger partial charge in [0, 0.05) is 6.08 Å². The Morgan fingerprint density at radius 3 is 2.00 bits per heavy atom. The van der Waals surface area contributed by atoms with Gasteiger partial charge >= 0.3 is 5.97 Å². The number of hydrogen-bond acceptors (Lipinski definition) is 5. The summed E-state index contributed by atoms with van der Waals surface area (Å²) < 4.78 is 15.7. The van der Waals surface area contributed by atoms with Gasteiger partial charge in [0.05, 0.1) is 21.3 Å². The molecular weight excluding hydrogens is 314 g/mol. The molecule has 0 bridgehead atoms. The van der Waals surface area contributed by atoms with E-state index in [0.29, 0.717) is 22.8 Å². The van der Waals surface area contributed by atoms with Crippen molar-refractivity contribution in [3.63, 3.8) is 0 Å². The Labute approximate surface area is 141 Å². The molecule has 0 saturated heterocycles. The number of nitrogens with one attached hydrogen (secondary N) is 1. The zero-order valence-corrected chi connectivity index (χ0v) is 14.5. The van der Waals surface area contributed by atoms with Gasteiger partial charge in [-0.3, -0.25) is 4.79 Å². The molecule has 2 N–H and O–H groups in total. The van der Waals surface area contributed by atoms with E-state index in [1.165, 1.54) is 27.4 Å². The molecule has 1 unspecified atom stereocenters. The van der Waals surface area contributed by atoms with E-state index in [1.54, 1.807) is 32.1 Å². The number of methoxy groups -OCH3 is 3. The standard InChI is InChI=1S/C17H23NO6/c1-10(2)15(17(20)21)18-14(19)7-6-11-8-12(22-3)16(24-5)13(9-11)23-4/h6-10,15H,1-5H3,(H,18,19)(H,20,21)/b7-6+. The van der Waals surface area contributed by atoms with Gasteiger partial charge in [-0.1, -0.05) is 13.8 Å². The molecule has 7 nitrogen and oxygen atoms in total. The molecule has 0 heterocycles. The second-order valence-electron chi connectivity index (χ2n) is 5.36. The molecular formula is C17H23NO6. The van der Waals surface area contributed by atoms with Crippen LogP contribution in [0.4, 0.5) is 0 Å². The lowest BCUT2D eigenvalue weighted by molar-refractivity contribution is -0.142. The summed E-state index contributed by atoms with van der Waals surface area (Å²) in [6.07, 6.45) is 2.80. The molecule has 0 fully saturated rings. The Morgan fingerprint density at radius 2 is 1.62 bits per heavy atom. The quantitative estimate of drug-likeness (QED) is 0.704. The Bertz CT molecular complexity index is 599. The molecule has 132 valence electrons. The first-order valence-electron chi connectivity index (χ1n) is 7.35. The van der Waals surface area contributed by atoms with Gasteiger partial charge in [-0.2, -0.15) is 0 Å². The average Bonchev–Trinajstić information content (AvgIpc) is 2.55. The van der Waals surface area contributed by atoms with Crippen LogP contribution in [0.2, 0.25) is 0 Å². The number of amides is 1. The van der Waals surface area contributed by atoms with Gasteiger partial charge in [-0.05, 0) is 29.7 Å². The number of carbonyl (C=O) groups excluding carboxylic acids is 1. The van der Waals surface area contributed by atoms with Crippen molar-refractivity contribution in [1.82, 2.24) is 5.32 Å². The molecule has 1 aromatic rings. The summed E-state index contributed by atoms with van der Waals surface area (Å²) in [5, 5.41) is 11.5. The molecule has 0 aliphatic carbocycles. The molecule has 1 amide bonds. The van der Waals surface area contributed by atoms with Crippen molar-refractivity contribution in [2.75, 3.05) is 21.3 Å². The molecule has 0 aliphatic heterocycles. The fourth-order valence-electron chi connectivity index (χ4n) is 2.08. The number of aliphatic carboxylic acids is 1. The molecule has 1 aromatic carbocycles. The summed E-state index contributed by atoms with van der Waals surface area (Å²) in [7, 11) is 4.50. The molecule has 0 aromatic heterocycles. The van der Waals surface area contributed by atoms with Crippen LogP contribution in [0.3, 0.4) is 0 Å². The van der Waals surface area contributed by atoms with E-state index < -0.39 is 17.9 Å². The van der Waals surface area contributed by atoms with E-state index in [4.69, 9.17) is 19.3 Å². The van der Waals surface area contributed by atoms with Crippen LogP contribution in [0.25, 0.3) is 6.08 Å². The number of carbonyl (C=O) groups is 2.